The standard InChI is InChI=1S/C31H28FN5O4/c1-19-25(38)30(2,32)28(41-19)37-18-33-24-26(37)34-29(35-27(24)39)36-31(20-10-6-4-7-11-20,21-12-8-5-9-13-21)22-14-16-23(40-3)17-15-22/h4-18,25,28,38H,1H2,2-3H3,(H2,34,35,36,39)/t25-,28+,30-/m1/s1. The van der Waals surface area contributed by atoms with Crippen LogP contribution in [0.25, 0.3) is 11.2 Å². The molecule has 9 nitrogen and oxygen atoms in total. The van der Waals surface area contributed by atoms with Gasteiger partial charge < -0.3 is 19.9 Å². The Kier molecular flexibility index (Phi) is 6.34. The first-order chi connectivity index (χ1) is 19.8. The zero-order valence-corrected chi connectivity index (χ0v) is 22.4. The van der Waals surface area contributed by atoms with E-state index in [2.05, 4.69) is 21.9 Å². The third-order valence-corrected chi connectivity index (χ3v) is 7.51. The lowest BCUT2D eigenvalue weighted by molar-refractivity contribution is -0.0308. The predicted molar refractivity (Wildman–Crippen MR) is 152 cm³/mol. The lowest BCUT2D eigenvalue weighted by Gasteiger charge is -2.37. The minimum atomic E-state index is -2.23. The number of imidazole rings is 1. The first-order valence-corrected chi connectivity index (χ1v) is 13.0. The zero-order chi connectivity index (χ0) is 28.8. The molecular formula is C31H28FN5O4. The number of aliphatic hydroxyl groups excluding tert-OH is 1. The molecule has 6 rings (SSSR count). The number of rotatable bonds is 7. The van der Waals surface area contributed by atoms with Gasteiger partial charge in [-0.15, -0.1) is 0 Å². The van der Waals surface area contributed by atoms with Crippen LogP contribution in [0.5, 0.6) is 5.75 Å². The van der Waals surface area contributed by atoms with Crippen LogP contribution in [0.1, 0.15) is 29.8 Å². The molecular weight excluding hydrogens is 525 g/mol. The number of halogens is 1. The smallest absolute Gasteiger partial charge is 0.280 e. The average Bonchev–Trinajstić information content (AvgIpc) is 3.51. The van der Waals surface area contributed by atoms with Crippen molar-refractivity contribution in [1.29, 1.82) is 0 Å². The Hall–Kier alpha value is -4.96. The van der Waals surface area contributed by atoms with E-state index in [0.717, 1.165) is 16.7 Å². The van der Waals surface area contributed by atoms with Gasteiger partial charge in [0.2, 0.25) is 12.2 Å². The van der Waals surface area contributed by atoms with E-state index in [1.165, 1.54) is 17.8 Å². The number of nitrogens with one attached hydrogen (secondary N) is 2. The van der Waals surface area contributed by atoms with Gasteiger partial charge in [-0.1, -0.05) is 79.4 Å². The molecule has 41 heavy (non-hydrogen) atoms. The molecule has 2 aromatic heterocycles. The van der Waals surface area contributed by atoms with Crippen molar-refractivity contribution in [3.05, 3.63) is 131 Å². The summed E-state index contributed by atoms with van der Waals surface area (Å²) in [5.74, 6) is 0.692. The quantitative estimate of drug-likeness (QED) is 0.251. The van der Waals surface area contributed by atoms with Crippen molar-refractivity contribution in [3.63, 3.8) is 0 Å². The number of nitrogens with zero attached hydrogens (tertiary/aromatic N) is 3. The maximum absolute atomic E-state index is 15.6. The number of hydrogen-bond donors (Lipinski definition) is 3. The Morgan fingerprint density at radius 2 is 1.63 bits per heavy atom. The molecule has 0 spiro atoms. The minimum absolute atomic E-state index is 0.00331. The zero-order valence-electron chi connectivity index (χ0n) is 22.4. The molecule has 0 amide bonds. The van der Waals surface area contributed by atoms with Gasteiger partial charge in [-0.05, 0) is 35.7 Å². The number of H-pyrrole nitrogens is 1. The van der Waals surface area contributed by atoms with Crippen molar-refractivity contribution in [2.24, 2.45) is 0 Å². The molecule has 3 atom stereocenters. The van der Waals surface area contributed by atoms with E-state index in [1.54, 1.807) is 7.11 Å². The number of aromatic nitrogens is 4. The van der Waals surface area contributed by atoms with E-state index in [-0.39, 0.29) is 22.9 Å². The summed E-state index contributed by atoms with van der Waals surface area (Å²) < 4.78 is 27.9. The molecule has 0 radical (unpaired) electrons. The van der Waals surface area contributed by atoms with Gasteiger partial charge in [0.1, 0.15) is 29.5 Å². The maximum atomic E-state index is 15.6. The molecule has 3 aromatic carbocycles. The average molecular weight is 554 g/mol. The Morgan fingerprint density at radius 3 is 2.17 bits per heavy atom. The summed E-state index contributed by atoms with van der Waals surface area (Å²) in [4.78, 5) is 24.9. The van der Waals surface area contributed by atoms with Crippen molar-refractivity contribution in [3.8, 4) is 5.75 Å². The van der Waals surface area contributed by atoms with Crippen LogP contribution >= 0.6 is 0 Å². The van der Waals surface area contributed by atoms with Gasteiger partial charge in [0.25, 0.3) is 5.56 Å². The van der Waals surface area contributed by atoms with Crippen LogP contribution in [0.4, 0.5) is 10.3 Å². The number of alkyl halides is 1. The Balaban J connectivity index is 1.56. The van der Waals surface area contributed by atoms with Crippen LogP contribution < -0.4 is 15.6 Å². The lowest BCUT2D eigenvalue weighted by Crippen LogP contribution is -2.39. The minimum Gasteiger partial charge on any atom is -0.497 e. The summed E-state index contributed by atoms with van der Waals surface area (Å²) in [6, 6.07) is 27.2. The lowest BCUT2D eigenvalue weighted by atomic mass is 9.77. The molecule has 0 aliphatic carbocycles. The highest BCUT2D eigenvalue weighted by atomic mass is 19.1. The number of methoxy groups -OCH3 is 1. The number of fused-ring (bicyclic) bond motifs is 1. The normalized spacial score (nSPS) is 20.6. The first-order valence-electron chi connectivity index (χ1n) is 13.0. The number of hydrogen-bond acceptors (Lipinski definition) is 7. The molecule has 0 unspecified atom stereocenters. The second kappa shape index (κ2) is 9.90. The van der Waals surface area contributed by atoms with Crippen molar-refractivity contribution >= 4 is 17.1 Å². The van der Waals surface area contributed by atoms with Gasteiger partial charge in [0.05, 0.1) is 7.11 Å². The molecule has 1 saturated heterocycles. The third-order valence-electron chi connectivity index (χ3n) is 7.51. The second-order valence-electron chi connectivity index (χ2n) is 10.1. The molecule has 1 fully saturated rings. The fourth-order valence-electron chi connectivity index (χ4n) is 5.37. The van der Waals surface area contributed by atoms with Gasteiger partial charge in [-0.3, -0.25) is 14.3 Å². The summed E-state index contributed by atoms with van der Waals surface area (Å²) in [5, 5.41) is 13.8. The molecule has 1 aliphatic rings. The fourth-order valence-corrected chi connectivity index (χ4v) is 5.37. The SMILES string of the molecule is C=C1O[C@H](n2cnc3c(=O)[nH]c(NC(c4ccccc4)(c4ccccc4)c4ccc(OC)cc4)nc32)[C@](C)(F)[C@@H]1O. The van der Waals surface area contributed by atoms with Gasteiger partial charge in [0.15, 0.2) is 16.8 Å². The topological polar surface area (TPSA) is 114 Å². The summed E-state index contributed by atoms with van der Waals surface area (Å²) in [6.45, 7) is 4.82. The van der Waals surface area contributed by atoms with Crippen LogP contribution in [0.15, 0.2) is 108 Å². The van der Waals surface area contributed by atoms with Gasteiger partial charge >= 0.3 is 0 Å². The first kappa shape index (κ1) is 26.3. The molecule has 10 heteroatoms. The number of benzene rings is 3. The summed E-state index contributed by atoms with van der Waals surface area (Å²) >= 11 is 0. The maximum Gasteiger partial charge on any atom is 0.280 e. The number of aliphatic hydroxyl groups is 1. The monoisotopic (exact) mass is 553 g/mol. The molecule has 5 aromatic rings. The predicted octanol–water partition coefficient (Wildman–Crippen LogP) is 4.66. The van der Waals surface area contributed by atoms with Crippen molar-refractivity contribution in [2.45, 2.75) is 30.5 Å². The van der Waals surface area contributed by atoms with Crippen molar-refractivity contribution in [1.82, 2.24) is 19.5 Å². The van der Waals surface area contributed by atoms with Crippen LogP contribution in [0, 0.1) is 0 Å². The van der Waals surface area contributed by atoms with Crippen LogP contribution in [-0.4, -0.2) is 43.5 Å². The number of ether oxygens (including phenoxy) is 2. The number of anilines is 1. The second-order valence-corrected chi connectivity index (χ2v) is 10.1. The highest BCUT2D eigenvalue weighted by molar-refractivity contribution is 5.72. The molecule has 1 aliphatic heterocycles. The molecule has 208 valence electrons. The Bertz CT molecular complexity index is 1730. The summed E-state index contributed by atoms with van der Waals surface area (Å²) in [7, 11) is 1.60. The van der Waals surface area contributed by atoms with E-state index in [0.29, 0.717) is 5.75 Å². The summed E-state index contributed by atoms with van der Waals surface area (Å²) in [5.41, 5.74) is -1.10. The van der Waals surface area contributed by atoms with Gasteiger partial charge in [-0.25, -0.2) is 9.37 Å². The Morgan fingerprint density at radius 1 is 1.05 bits per heavy atom. The fraction of sp³-hybridized carbons (Fsp3) is 0.194. The van der Waals surface area contributed by atoms with Gasteiger partial charge in [-0.2, -0.15) is 4.98 Å². The van der Waals surface area contributed by atoms with Gasteiger partial charge in [0, 0.05) is 0 Å². The van der Waals surface area contributed by atoms with E-state index in [9.17, 15) is 9.90 Å². The highest BCUT2D eigenvalue weighted by Crippen LogP contribution is 2.44. The van der Waals surface area contributed by atoms with E-state index in [1.807, 2.05) is 84.9 Å². The molecule has 0 bridgehead atoms. The molecule has 3 heterocycles. The molecule has 0 saturated carbocycles. The van der Waals surface area contributed by atoms with Crippen LogP contribution in [-0.2, 0) is 10.3 Å². The van der Waals surface area contributed by atoms with E-state index < -0.39 is 29.1 Å². The Labute approximate surface area is 234 Å². The largest absolute Gasteiger partial charge is 0.497 e. The van der Waals surface area contributed by atoms with Crippen molar-refractivity contribution < 1.29 is 19.0 Å². The van der Waals surface area contributed by atoms with Crippen LogP contribution in [0.2, 0.25) is 0 Å². The van der Waals surface area contributed by atoms with E-state index >= 15 is 4.39 Å². The van der Waals surface area contributed by atoms with Crippen molar-refractivity contribution in [2.75, 3.05) is 12.4 Å². The summed E-state index contributed by atoms with van der Waals surface area (Å²) in [6.07, 6.45) is -1.61. The van der Waals surface area contributed by atoms with E-state index in [4.69, 9.17) is 14.5 Å². The van der Waals surface area contributed by atoms with Crippen LogP contribution in [0.3, 0.4) is 0 Å². The third kappa shape index (κ3) is 4.23. The molecule has 3 N–H and O–H groups in total. The highest BCUT2D eigenvalue weighted by Gasteiger charge is 2.53. The number of aromatic amines is 1.